The molecule has 1 aromatic heterocycles. The van der Waals surface area contributed by atoms with Gasteiger partial charge in [0, 0.05) is 32.5 Å². The van der Waals surface area contributed by atoms with Crippen LogP contribution in [0, 0.1) is 0 Å². The van der Waals surface area contributed by atoms with Gasteiger partial charge in [-0.25, -0.2) is 4.98 Å². The first kappa shape index (κ1) is 9.05. The Labute approximate surface area is 81.4 Å². The molecule has 0 spiro atoms. The minimum Gasteiger partial charge on any atom is -0.391 e. The molecule has 1 saturated heterocycles. The first-order chi connectivity index (χ1) is 6.27. The molecule has 1 aliphatic heterocycles. The molecule has 0 aromatic carbocycles. The number of imidazole rings is 1. The monoisotopic (exact) mass is 199 g/mol. The van der Waals surface area contributed by atoms with Crippen LogP contribution >= 0.6 is 11.8 Å². The van der Waals surface area contributed by atoms with Gasteiger partial charge in [-0.05, 0) is 0 Å². The van der Waals surface area contributed by atoms with Crippen LogP contribution in [-0.2, 0) is 7.05 Å². The van der Waals surface area contributed by atoms with E-state index in [9.17, 15) is 5.11 Å². The molecule has 1 aromatic rings. The average Bonchev–Trinajstić information content (AvgIpc) is 2.65. The third kappa shape index (κ3) is 1.87. The van der Waals surface area contributed by atoms with Crippen LogP contribution in [0.4, 0.5) is 0 Å². The van der Waals surface area contributed by atoms with Gasteiger partial charge in [-0.1, -0.05) is 11.8 Å². The van der Waals surface area contributed by atoms with Crippen molar-refractivity contribution in [2.24, 2.45) is 7.05 Å². The fourth-order valence-electron chi connectivity index (χ4n) is 1.36. The lowest BCUT2D eigenvalue weighted by Gasteiger charge is -2.11. The summed E-state index contributed by atoms with van der Waals surface area (Å²) >= 11 is 1.63. The second kappa shape index (κ2) is 3.69. The second-order valence-electron chi connectivity index (χ2n) is 3.20. The Morgan fingerprint density at radius 1 is 1.69 bits per heavy atom. The van der Waals surface area contributed by atoms with Gasteiger partial charge >= 0.3 is 0 Å². The summed E-state index contributed by atoms with van der Waals surface area (Å²) in [5.41, 5.74) is 0. The van der Waals surface area contributed by atoms with Crippen LogP contribution in [0.25, 0.3) is 0 Å². The number of aromatic nitrogens is 2. The van der Waals surface area contributed by atoms with Gasteiger partial charge in [0.05, 0.1) is 11.4 Å². The third-order valence-electron chi connectivity index (χ3n) is 2.16. The third-order valence-corrected chi connectivity index (χ3v) is 3.55. The highest BCUT2D eigenvalue weighted by atomic mass is 32.2. The Hall–Kier alpha value is -0.520. The number of aliphatic hydroxyl groups is 1. The number of aliphatic hydroxyl groups excluding tert-OH is 1. The summed E-state index contributed by atoms with van der Waals surface area (Å²) in [6.45, 7) is 1.56. The molecule has 2 atom stereocenters. The molecule has 0 radical (unpaired) electrons. The van der Waals surface area contributed by atoms with E-state index in [1.54, 1.807) is 18.0 Å². The fraction of sp³-hybridized carbons (Fsp3) is 0.625. The summed E-state index contributed by atoms with van der Waals surface area (Å²) < 4.78 is 1.97. The highest BCUT2D eigenvalue weighted by Gasteiger charge is 2.26. The maximum atomic E-state index is 9.56. The predicted octanol–water partition coefficient (Wildman–Crippen LogP) is -0.155. The van der Waals surface area contributed by atoms with Crippen molar-refractivity contribution in [1.82, 2.24) is 14.9 Å². The molecule has 2 rings (SSSR count). The average molecular weight is 199 g/mol. The number of nitrogens with zero attached hydrogens (tertiary/aromatic N) is 2. The van der Waals surface area contributed by atoms with Crippen molar-refractivity contribution in [3.8, 4) is 0 Å². The molecular weight excluding hydrogens is 186 g/mol. The van der Waals surface area contributed by atoms with Gasteiger partial charge in [-0.2, -0.15) is 0 Å². The molecule has 13 heavy (non-hydrogen) atoms. The number of nitrogens with one attached hydrogen (secondary N) is 1. The number of aryl methyl sites for hydroxylation is 1. The zero-order chi connectivity index (χ0) is 9.26. The van der Waals surface area contributed by atoms with E-state index in [1.165, 1.54) is 0 Å². The normalized spacial score (nSPS) is 28.2. The number of thioether (sulfide) groups is 1. The standard InChI is InChI=1S/C8H13N3OS/c1-11-3-2-10-8(11)13-7-5-9-4-6(7)12/h2-3,6-7,9,12H,4-5H2,1H3. The molecule has 0 saturated carbocycles. The molecule has 5 heteroatoms. The van der Waals surface area contributed by atoms with Crippen LogP contribution in [0.3, 0.4) is 0 Å². The van der Waals surface area contributed by atoms with E-state index in [4.69, 9.17) is 0 Å². The molecule has 2 N–H and O–H groups in total. The van der Waals surface area contributed by atoms with E-state index in [0.29, 0.717) is 6.54 Å². The number of hydrogen-bond acceptors (Lipinski definition) is 4. The molecule has 0 amide bonds. The topological polar surface area (TPSA) is 50.1 Å². The molecule has 4 nitrogen and oxygen atoms in total. The summed E-state index contributed by atoms with van der Waals surface area (Å²) in [6, 6.07) is 0. The molecule has 1 fully saturated rings. The van der Waals surface area contributed by atoms with Gasteiger partial charge in [0.25, 0.3) is 0 Å². The number of rotatable bonds is 2. The van der Waals surface area contributed by atoms with Crippen LogP contribution in [0.15, 0.2) is 17.6 Å². The zero-order valence-corrected chi connectivity index (χ0v) is 8.29. The lowest BCUT2D eigenvalue weighted by molar-refractivity contribution is 0.201. The summed E-state index contributed by atoms with van der Waals surface area (Å²) in [5, 5.41) is 13.9. The summed E-state index contributed by atoms with van der Waals surface area (Å²) in [5.74, 6) is 0. The lowest BCUT2D eigenvalue weighted by Crippen LogP contribution is -2.20. The minimum atomic E-state index is -0.248. The Balaban J connectivity index is 2.01. The van der Waals surface area contributed by atoms with Crippen LogP contribution in [0.1, 0.15) is 0 Å². The molecule has 0 aliphatic carbocycles. The fourth-order valence-corrected chi connectivity index (χ4v) is 2.44. The van der Waals surface area contributed by atoms with E-state index in [2.05, 4.69) is 10.3 Å². The largest absolute Gasteiger partial charge is 0.391 e. The van der Waals surface area contributed by atoms with E-state index >= 15 is 0 Å². The molecule has 2 heterocycles. The Morgan fingerprint density at radius 3 is 3.08 bits per heavy atom. The summed E-state index contributed by atoms with van der Waals surface area (Å²) in [7, 11) is 1.96. The van der Waals surface area contributed by atoms with Gasteiger partial charge in [0.15, 0.2) is 5.16 Å². The molecule has 72 valence electrons. The van der Waals surface area contributed by atoms with Crippen molar-refractivity contribution >= 4 is 11.8 Å². The van der Waals surface area contributed by atoms with Crippen molar-refractivity contribution in [3.63, 3.8) is 0 Å². The first-order valence-electron chi connectivity index (χ1n) is 4.30. The van der Waals surface area contributed by atoms with Crippen molar-refractivity contribution in [3.05, 3.63) is 12.4 Å². The highest BCUT2D eigenvalue weighted by Crippen LogP contribution is 2.24. The zero-order valence-electron chi connectivity index (χ0n) is 7.47. The number of hydrogen-bond donors (Lipinski definition) is 2. The predicted molar refractivity (Wildman–Crippen MR) is 51.7 cm³/mol. The summed E-state index contributed by atoms with van der Waals surface area (Å²) in [4.78, 5) is 4.20. The van der Waals surface area contributed by atoms with Crippen LogP contribution in [0.2, 0.25) is 0 Å². The van der Waals surface area contributed by atoms with E-state index in [-0.39, 0.29) is 11.4 Å². The van der Waals surface area contributed by atoms with E-state index in [0.717, 1.165) is 11.7 Å². The summed E-state index contributed by atoms with van der Waals surface area (Å²) in [6.07, 6.45) is 3.44. The molecular formula is C8H13N3OS. The smallest absolute Gasteiger partial charge is 0.168 e. The SMILES string of the molecule is Cn1ccnc1SC1CNCC1O. The molecule has 1 aliphatic rings. The Kier molecular flexibility index (Phi) is 2.57. The van der Waals surface area contributed by atoms with E-state index < -0.39 is 0 Å². The van der Waals surface area contributed by atoms with E-state index in [1.807, 2.05) is 17.8 Å². The quantitative estimate of drug-likeness (QED) is 0.695. The Morgan fingerprint density at radius 2 is 2.54 bits per heavy atom. The second-order valence-corrected chi connectivity index (χ2v) is 4.41. The minimum absolute atomic E-state index is 0.237. The van der Waals surface area contributed by atoms with Crippen molar-refractivity contribution in [1.29, 1.82) is 0 Å². The number of β-amino-alcohol motifs (C(OH)–C–C–N with tert-alkyl or cyclic N) is 1. The van der Waals surface area contributed by atoms with Crippen LogP contribution < -0.4 is 5.32 Å². The van der Waals surface area contributed by atoms with Crippen molar-refractivity contribution in [2.45, 2.75) is 16.5 Å². The first-order valence-corrected chi connectivity index (χ1v) is 5.18. The highest BCUT2D eigenvalue weighted by molar-refractivity contribution is 7.99. The maximum Gasteiger partial charge on any atom is 0.168 e. The van der Waals surface area contributed by atoms with Gasteiger partial charge in [0.1, 0.15) is 0 Å². The van der Waals surface area contributed by atoms with Crippen LogP contribution in [0.5, 0.6) is 0 Å². The van der Waals surface area contributed by atoms with Gasteiger partial charge in [-0.15, -0.1) is 0 Å². The van der Waals surface area contributed by atoms with Gasteiger partial charge in [-0.3, -0.25) is 0 Å². The van der Waals surface area contributed by atoms with Crippen molar-refractivity contribution in [2.75, 3.05) is 13.1 Å². The van der Waals surface area contributed by atoms with Gasteiger partial charge in [0.2, 0.25) is 0 Å². The van der Waals surface area contributed by atoms with Crippen LogP contribution in [-0.4, -0.2) is 39.1 Å². The van der Waals surface area contributed by atoms with Crippen molar-refractivity contribution < 1.29 is 5.11 Å². The molecule has 0 bridgehead atoms. The maximum absolute atomic E-state index is 9.56. The lowest BCUT2D eigenvalue weighted by atomic mass is 10.3. The molecule has 2 unspecified atom stereocenters. The van der Waals surface area contributed by atoms with Gasteiger partial charge < -0.3 is 15.0 Å². The Bertz CT molecular complexity index is 289.